The minimum atomic E-state index is 0.555. The molecule has 2 N–H and O–H groups in total. The predicted octanol–water partition coefficient (Wildman–Crippen LogP) is 1.50. The molecule has 4 nitrogen and oxygen atoms in total. The monoisotopic (exact) mass is 262 g/mol. The van der Waals surface area contributed by atoms with E-state index in [1.54, 1.807) is 0 Å². The number of rotatable bonds is 4. The third-order valence-electron chi connectivity index (χ3n) is 3.93. The van der Waals surface area contributed by atoms with Crippen LogP contribution in [-0.4, -0.2) is 49.2 Å². The van der Waals surface area contributed by atoms with Crippen LogP contribution in [0.2, 0.25) is 0 Å². The number of hydrogen-bond donors (Lipinski definition) is 1. The fourth-order valence-corrected chi connectivity index (χ4v) is 2.91. The van der Waals surface area contributed by atoms with Gasteiger partial charge < -0.3 is 15.5 Å². The molecule has 0 bridgehead atoms. The van der Waals surface area contributed by atoms with Crippen LogP contribution in [-0.2, 0) is 6.42 Å². The first kappa shape index (κ1) is 14.3. The first-order chi connectivity index (χ1) is 9.26. The second-order valence-corrected chi connectivity index (χ2v) is 5.40. The third-order valence-corrected chi connectivity index (χ3v) is 3.93. The number of nitrogens with two attached hydrogens (primary N) is 1. The highest BCUT2D eigenvalue weighted by Gasteiger charge is 2.24. The van der Waals surface area contributed by atoms with Gasteiger partial charge >= 0.3 is 0 Å². The topological polar surface area (TPSA) is 45.4 Å². The van der Waals surface area contributed by atoms with E-state index in [1.807, 2.05) is 12.3 Å². The van der Waals surface area contributed by atoms with Crippen molar-refractivity contribution in [2.45, 2.75) is 32.2 Å². The van der Waals surface area contributed by atoms with Crippen LogP contribution >= 0.6 is 0 Å². The molecule has 2 rings (SSSR count). The normalized spacial score (nSPS) is 21.4. The summed E-state index contributed by atoms with van der Waals surface area (Å²) in [5.41, 5.74) is 7.01. The summed E-state index contributed by atoms with van der Waals surface area (Å²) in [6.45, 7) is 6.34. The quantitative estimate of drug-likeness (QED) is 0.893. The zero-order valence-corrected chi connectivity index (χ0v) is 12.2. The van der Waals surface area contributed by atoms with Gasteiger partial charge in [0.1, 0.15) is 5.82 Å². The highest BCUT2D eigenvalue weighted by atomic mass is 15.3. The van der Waals surface area contributed by atoms with Crippen molar-refractivity contribution in [3.63, 3.8) is 0 Å². The molecule has 0 spiro atoms. The summed E-state index contributed by atoms with van der Waals surface area (Å²) in [6, 6.07) is 4.73. The average molecular weight is 262 g/mol. The first-order valence-corrected chi connectivity index (χ1v) is 7.35. The van der Waals surface area contributed by atoms with E-state index in [2.05, 4.69) is 34.8 Å². The number of aromatic nitrogens is 1. The van der Waals surface area contributed by atoms with Crippen LogP contribution in [0.15, 0.2) is 18.3 Å². The Balaban J connectivity index is 2.27. The summed E-state index contributed by atoms with van der Waals surface area (Å²) in [7, 11) is 2.21. The molecule has 1 unspecified atom stereocenters. The minimum absolute atomic E-state index is 0.555. The van der Waals surface area contributed by atoms with Gasteiger partial charge in [0.15, 0.2) is 0 Å². The molecule has 0 aromatic carbocycles. The summed E-state index contributed by atoms with van der Waals surface area (Å²) in [4.78, 5) is 9.56. The van der Waals surface area contributed by atoms with Gasteiger partial charge in [-0.2, -0.15) is 0 Å². The standard InChI is InChI=1S/C15H26N4/c1-3-14-12-18(2)10-5-11-19(14)15-13(7-8-16)6-4-9-17-15/h4,6,9,14H,3,5,7-8,10-12,16H2,1-2H3. The lowest BCUT2D eigenvalue weighted by Crippen LogP contribution is -2.40. The lowest BCUT2D eigenvalue weighted by Gasteiger charge is -2.32. The van der Waals surface area contributed by atoms with E-state index in [4.69, 9.17) is 5.73 Å². The van der Waals surface area contributed by atoms with Crippen LogP contribution < -0.4 is 10.6 Å². The molecule has 1 atom stereocenters. The number of hydrogen-bond acceptors (Lipinski definition) is 4. The Hall–Kier alpha value is -1.13. The number of likely N-dealkylation sites (N-methyl/N-ethyl adjacent to an activating group) is 1. The Kier molecular flexibility index (Phi) is 5.16. The fraction of sp³-hybridized carbons (Fsp3) is 0.667. The molecule has 1 aliphatic rings. The summed E-state index contributed by atoms with van der Waals surface area (Å²) in [6.07, 6.45) is 5.16. The number of anilines is 1. The van der Waals surface area contributed by atoms with E-state index in [9.17, 15) is 0 Å². The van der Waals surface area contributed by atoms with E-state index in [-0.39, 0.29) is 0 Å². The molecule has 1 fully saturated rings. The van der Waals surface area contributed by atoms with Crippen LogP contribution in [0.1, 0.15) is 25.3 Å². The lowest BCUT2D eigenvalue weighted by molar-refractivity contribution is 0.327. The maximum atomic E-state index is 5.72. The molecule has 1 aromatic rings. The van der Waals surface area contributed by atoms with Gasteiger partial charge in [0, 0.05) is 25.3 Å². The Morgan fingerprint density at radius 3 is 3.00 bits per heavy atom. The van der Waals surface area contributed by atoms with Crippen molar-refractivity contribution in [3.05, 3.63) is 23.9 Å². The molecule has 0 saturated carbocycles. The van der Waals surface area contributed by atoms with Crippen molar-refractivity contribution in [2.24, 2.45) is 5.73 Å². The zero-order chi connectivity index (χ0) is 13.7. The molecule has 0 aliphatic carbocycles. The molecule has 2 heterocycles. The largest absolute Gasteiger partial charge is 0.352 e. The number of pyridine rings is 1. The summed E-state index contributed by atoms with van der Waals surface area (Å²) < 4.78 is 0. The van der Waals surface area contributed by atoms with E-state index in [1.165, 1.54) is 18.5 Å². The fourth-order valence-electron chi connectivity index (χ4n) is 2.91. The van der Waals surface area contributed by atoms with Crippen LogP contribution in [0.4, 0.5) is 5.82 Å². The summed E-state index contributed by atoms with van der Waals surface area (Å²) in [5.74, 6) is 1.15. The van der Waals surface area contributed by atoms with Crippen LogP contribution in [0.5, 0.6) is 0 Å². The Labute approximate surface area is 116 Å². The number of nitrogens with zero attached hydrogens (tertiary/aromatic N) is 3. The van der Waals surface area contributed by atoms with Gasteiger partial charge in [-0.05, 0) is 51.0 Å². The van der Waals surface area contributed by atoms with E-state index in [0.717, 1.165) is 31.7 Å². The molecule has 0 amide bonds. The lowest BCUT2D eigenvalue weighted by atomic mass is 10.1. The molecule has 4 heteroatoms. The van der Waals surface area contributed by atoms with Gasteiger partial charge in [-0.1, -0.05) is 13.0 Å². The Morgan fingerprint density at radius 2 is 2.26 bits per heavy atom. The van der Waals surface area contributed by atoms with Gasteiger partial charge in [0.05, 0.1) is 0 Å². The van der Waals surface area contributed by atoms with E-state index in [0.29, 0.717) is 12.6 Å². The van der Waals surface area contributed by atoms with Gasteiger partial charge in [0.2, 0.25) is 0 Å². The first-order valence-electron chi connectivity index (χ1n) is 7.35. The minimum Gasteiger partial charge on any atom is -0.352 e. The molecular weight excluding hydrogens is 236 g/mol. The molecule has 19 heavy (non-hydrogen) atoms. The molecule has 1 aromatic heterocycles. The van der Waals surface area contributed by atoms with Crippen molar-refractivity contribution in [1.82, 2.24) is 9.88 Å². The third kappa shape index (κ3) is 3.45. The smallest absolute Gasteiger partial charge is 0.132 e. The van der Waals surface area contributed by atoms with Crippen LogP contribution in [0.3, 0.4) is 0 Å². The molecule has 0 radical (unpaired) electrons. The van der Waals surface area contributed by atoms with Crippen molar-refractivity contribution >= 4 is 5.82 Å². The van der Waals surface area contributed by atoms with Crippen molar-refractivity contribution < 1.29 is 0 Å². The molecule has 1 saturated heterocycles. The maximum absolute atomic E-state index is 5.72. The van der Waals surface area contributed by atoms with Gasteiger partial charge in [-0.25, -0.2) is 4.98 Å². The van der Waals surface area contributed by atoms with Gasteiger partial charge in [-0.15, -0.1) is 0 Å². The van der Waals surface area contributed by atoms with Crippen molar-refractivity contribution in [2.75, 3.05) is 38.1 Å². The van der Waals surface area contributed by atoms with Crippen molar-refractivity contribution in [3.8, 4) is 0 Å². The highest BCUT2D eigenvalue weighted by molar-refractivity contribution is 5.48. The molecule has 1 aliphatic heterocycles. The van der Waals surface area contributed by atoms with Crippen LogP contribution in [0.25, 0.3) is 0 Å². The van der Waals surface area contributed by atoms with E-state index >= 15 is 0 Å². The van der Waals surface area contributed by atoms with Crippen molar-refractivity contribution in [1.29, 1.82) is 0 Å². The summed E-state index contributed by atoms with van der Waals surface area (Å²) >= 11 is 0. The van der Waals surface area contributed by atoms with Crippen LogP contribution in [0, 0.1) is 0 Å². The maximum Gasteiger partial charge on any atom is 0.132 e. The molecule has 106 valence electrons. The van der Waals surface area contributed by atoms with E-state index < -0.39 is 0 Å². The molecular formula is C15H26N4. The predicted molar refractivity (Wildman–Crippen MR) is 80.5 cm³/mol. The Morgan fingerprint density at radius 1 is 1.42 bits per heavy atom. The second kappa shape index (κ2) is 6.87. The zero-order valence-electron chi connectivity index (χ0n) is 12.2. The summed E-state index contributed by atoms with van der Waals surface area (Å²) in [5, 5.41) is 0. The van der Waals surface area contributed by atoms with Gasteiger partial charge in [0.25, 0.3) is 0 Å². The van der Waals surface area contributed by atoms with Gasteiger partial charge in [-0.3, -0.25) is 0 Å². The average Bonchev–Trinajstić information content (AvgIpc) is 2.61. The highest BCUT2D eigenvalue weighted by Crippen LogP contribution is 2.23. The Bertz CT molecular complexity index is 393. The SMILES string of the molecule is CCC1CN(C)CCCN1c1ncccc1CCN. The second-order valence-electron chi connectivity index (χ2n) is 5.40.